The van der Waals surface area contributed by atoms with E-state index in [-0.39, 0.29) is 18.3 Å². The Morgan fingerprint density at radius 3 is 2.63 bits per heavy atom. The van der Waals surface area contributed by atoms with Crippen molar-refractivity contribution in [1.82, 2.24) is 5.32 Å². The van der Waals surface area contributed by atoms with Gasteiger partial charge in [0.1, 0.15) is 18.2 Å². The van der Waals surface area contributed by atoms with Gasteiger partial charge in [-0.2, -0.15) is 0 Å². The van der Waals surface area contributed by atoms with Gasteiger partial charge in [0.25, 0.3) is 5.91 Å². The fourth-order valence-corrected chi connectivity index (χ4v) is 4.90. The van der Waals surface area contributed by atoms with Gasteiger partial charge in [-0.1, -0.05) is 12.1 Å². The van der Waals surface area contributed by atoms with Crippen molar-refractivity contribution in [3.63, 3.8) is 0 Å². The van der Waals surface area contributed by atoms with E-state index >= 15 is 0 Å². The van der Waals surface area contributed by atoms with Gasteiger partial charge in [-0.25, -0.2) is 9.38 Å². The molecule has 35 heavy (non-hydrogen) atoms. The van der Waals surface area contributed by atoms with Crippen LogP contribution >= 0.6 is 34.4 Å². The number of nitrogens with one attached hydrogen (secondary N) is 1. The van der Waals surface area contributed by atoms with Crippen LogP contribution in [0.3, 0.4) is 0 Å². The number of amidine groups is 1. The largest absolute Gasteiger partial charge is 0.494 e. The fourth-order valence-electron chi connectivity index (χ4n) is 3.28. The highest BCUT2D eigenvalue weighted by Gasteiger charge is 2.24. The lowest BCUT2D eigenvalue weighted by molar-refractivity contribution is -0.115. The van der Waals surface area contributed by atoms with E-state index in [2.05, 4.69) is 32.9 Å². The van der Waals surface area contributed by atoms with E-state index in [0.29, 0.717) is 39.4 Å². The number of ether oxygens (including phenoxy) is 3. The molecule has 1 heterocycles. The van der Waals surface area contributed by atoms with Crippen LogP contribution in [0, 0.1) is 9.39 Å². The van der Waals surface area contributed by atoms with Gasteiger partial charge in [-0.15, -0.1) is 0 Å². The summed E-state index contributed by atoms with van der Waals surface area (Å²) in [6.45, 7) is 2.73. The molecule has 4 rings (SSSR count). The summed E-state index contributed by atoms with van der Waals surface area (Å²) in [4.78, 5) is 17.5. The summed E-state index contributed by atoms with van der Waals surface area (Å²) in [7, 11) is 1.55. The van der Waals surface area contributed by atoms with Crippen molar-refractivity contribution in [3.8, 4) is 17.2 Å². The Kier molecular flexibility index (Phi) is 8.29. The Balaban J connectivity index is 1.50. The molecule has 0 unspecified atom stereocenters. The summed E-state index contributed by atoms with van der Waals surface area (Å²) >= 11 is 3.42. The highest BCUT2D eigenvalue weighted by molar-refractivity contribution is 14.1. The second kappa shape index (κ2) is 11.6. The predicted octanol–water partition coefficient (Wildman–Crippen LogP) is 6.31. The van der Waals surface area contributed by atoms with Crippen LogP contribution in [0.1, 0.15) is 18.1 Å². The molecular weight excluding hydrogens is 582 g/mol. The topological polar surface area (TPSA) is 69.2 Å². The summed E-state index contributed by atoms with van der Waals surface area (Å²) < 4.78 is 31.1. The number of amides is 1. The highest BCUT2D eigenvalue weighted by Crippen LogP contribution is 2.36. The van der Waals surface area contributed by atoms with E-state index in [1.54, 1.807) is 31.4 Å². The molecule has 1 N–H and O–H groups in total. The molecule has 0 aliphatic carbocycles. The van der Waals surface area contributed by atoms with Crippen molar-refractivity contribution in [2.75, 3.05) is 13.7 Å². The zero-order valence-corrected chi connectivity index (χ0v) is 22.0. The van der Waals surface area contributed by atoms with Crippen LogP contribution in [0.4, 0.5) is 10.1 Å². The lowest BCUT2D eigenvalue weighted by atomic mass is 10.2. The quantitative estimate of drug-likeness (QED) is 0.241. The molecule has 1 fully saturated rings. The molecule has 0 saturated carbocycles. The zero-order chi connectivity index (χ0) is 24.8. The van der Waals surface area contributed by atoms with Gasteiger partial charge in [0.2, 0.25) is 0 Å². The summed E-state index contributed by atoms with van der Waals surface area (Å²) in [6, 6.07) is 17.3. The van der Waals surface area contributed by atoms with Crippen molar-refractivity contribution in [2.24, 2.45) is 4.99 Å². The standard InChI is InChI=1S/C26H22FIN2O4S/c1-3-33-20-9-7-19(8-10-20)29-26-30-25(31)23(35-26)14-17-12-21(28)24(22(13-17)32-2)34-15-16-5-4-6-18(27)11-16/h4-14H,3,15H2,1-2H3,(H,29,30,31)/b23-14+. The lowest BCUT2D eigenvalue weighted by Gasteiger charge is -2.14. The molecule has 0 bridgehead atoms. The molecule has 3 aromatic rings. The molecule has 0 atom stereocenters. The fraction of sp³-hybridized carbons (Fsp3) is 0.154. The molecule has 1 amide bonds. The Labute approximate surface area is 220 Å². The van der Waals surface area contributed by atoms with Gasteiger partial charge in [-0.05, 0) is 107 Å². The molecule has 1 aliphatic rings. The van der Waals surface area contributed by atoms with Crippen LogP contribution in [-0.2, 0) is 11.4 Å². The molecule has 1 aliphatic heterocycles. The molecule has 0 spiro atoms. The average Bonchev–Trinajstić information content (AvgIpc) is 3.17. The third-order valence-electron chi connectivity index (χ3n) is 4.85. The molecular formula is C26H22FIN2O4S. The maximum atomic E-state index is 13.5. The van der Waals surface area contributed by atoms with Crippen LogP contribution in [0.2, 0.25) is 0 Å². The monoisotopic (exact) mass is 604 g/mol. The minimum atomic E-state index is -0.312. The highest BCUT2D eigenvalue weighted by atomic mass is 127. The molecule has 180 valence electrons. The van der Waals surface area contributed by atoms with Gasteiger partial charge in [0.15, 0.2) is 16.7 Å². The first-order chi connectivity index (χ1) is 16.9. The first-order valence-corrected chi connectivity index (χ1v) is 12.6. The summed E-state index contributed by atoms with van der Waals surface area (Å²) in [6.07, 6.45) is 1.78. The van der Waals surface area contributed by atoms with Gasteiger partial charge < -0.3 is 19.5 Å². The van der Waals surface area contributed by atoms with Crippen molar-refractivity contribution < 1.29 is 23.4 Å². The van der Waals surface area contributed by atoms with E-state index in [9.17, 15) is 9.18 Å². The number of benzene rings is 3. The number of halogens is 2. The van der Waals surface area contributed by atoms with Crippen LogP contribution in [0.25, 0.3) is 6.08 Å². The minimum absolute atomic E-state index is 0.203. The van der Waals surface area contributed by atoms with Gasteiger partial charge in [0, 0.05) is 0 Å². The van der Waals surface area contributed by atoms with Crippen molar-refractivity contribution >= 4 is 57.2 Å². The molecule has 0 aromatic heterocycles. The van der Waals surface area contributed by atoms with E-state index in [1.807, 2.05) is 37.3 Å². The number of hydrogen-bond acceptors (Lipinski definition) is 6. The lowest BCUT2D eigenvalue weighted by Crippen LogP contribution is -2.19. The number of aliphatic imine (C=N–C) groups is 1. The van der Waals surface area contributed by atoms with Crippen LogP contribution in [-0.4, -0.2) is 24.8 Å². The SMILES string of the molecule is CCOc1ccc(N=C2NC(=O)/C(=C\c3cc(I)c(OCc4cccc(F)c4)c(OC)c3)S2)cc1. The zero-order valence-electron chi connectivity index (χ0n) is 19.0. The van der Waals surface area contributed by atoms with Crippen molar-refractivity contribution in [3.05, 3.63) is 86.1 Å². The summed E-state index contributed by atoms with van der Waals surface area (Å²) in [5.41, 5.74) is 2.21. The first-order valence-electron chi connectivity index (χ1n) is 10.7. The third kappa shape index (κ3) is 6.55. The molecule has 0 radical (unpaired) electrons. The normalized spacial score (nSPS) is 15.4. The average molecular weight is 604 g/mol. The molecule has 6 nitrogen and oxygen atoms in total. The maximum Gasteiger partial charge on any atom is 0.264 e. The van der Waals surface area contributed by atoms with Crippen molar-refractivity contribution in [1.29, 1.82) is 0 Å². The minimum Gasteiger partial charge on any atom is -0.494 e. The Bertz CT molecular complexity index is 1300. The smallest absolute Gasteiger partial charge is 0.264 e. The van der Waals surface area contributed by atoms with E-state index in [1.165, 1.54) is 23.9 Å². The van der Waals surface area contributed by atoms with Crippen LogP contribution in [0.15, 0.2) is 70.6 Å². The Morgan fingerprint density at radius 2 is 1.91 bits per heavy atom. The summed E-state index contributed by atoms with van der Waals surface area (Å²) in [5.74, 6) is 1.31. The van der Waals surface area contributed by atoms with E-state index in [4.69, 9.17) is 14.2 Å². The number of methoxy groups -OCH3 is 1. The van der Waals surface area contributed by atoms with Gasteiger partial charge in [-0.3, -0.25) is 4.79 Å². The van der Waals surface area contributed by atoms with Gasteiger partial charge >= 0.3 is 0 Å². The molecule has 3 aromatic carbocycles. The van der Waals surface area contributed by atoms with Crippen molar-refractivity contribution in [2.45, 2.75) is 13.5 Å². The number of hydrogen-bond donors (Lipinski definition) is 1. The second-order valence-corrected chi connectivity index (χ2v) is 9.55. The summed E-state index contributed by atoms with van der Waals surface area (Å²) in [5, 5.41) is 3.30. The third-order valence-corrected chi connectivity index (χ3v) is 6.56. The number of carbonyl (C=O) groups excluding carboxylic acids is 1. The number of carbonyl (C=O) groups is 1. The number of thioether (sulfide) groups is 1. The number of rotatable bonds is 8. The van der Waals surface area contributed by atoms with E-state index in [0.717, 1.165) is 14.9 Å². The van der Waals surface area contributed by atoms with Gasteiger partial charge in [0.05, 0.1) is 27.9 Å². The van der Waals surface area contributed by atoms with Crippen LogP contribution < -0.4 is 19.5 Å². The maximum absolute atomic E-state index is 13.5. The van der Waals surface area contributed by atoms with Crippen LogP contribution in [0.5, 0.6) is 17.2 Å². The second-order valence-electron chi connectivity index (χ2n) is 7.36. The number of nitrogens with zero attached hydrogens (tertiary/aromatic N) is 1. The predicted molar refractivity (Wildman–Crippen MR) is 145 cm³/mol. The molecule has 1 saturated heterocycles. The Morgan fingerprint density at radius 1 is 1.11 bits per heavy atom. The first kappa shape index (κ1) is 25.1. The Hall–Kier alpha value is -3.05. The van der Waals surface area contributed by atoms with E-state index < -0.39 is 0 Å². The molecule has 9 heteroatoms.